The predicted octanol–water partition coefficient (Wildman–Crippen LogP) is 2.58. The first-order valence-corrected chi connectivity index (χ1v) is 6.38. The quantitative estimate of drug-likeness (QED) is 0.720. The highest BCUT2D eigenvalue weighted by molar-refractivity contribution is 5.23. The molecule has 0 fully saturated rings. The minimum atomic E-state index is -1.47. The molecule has 1 aromatic rings. The molecule has 4 heteroatoms. The second kappa shape index (κ2) is 6.03. The van der Waals surface area contributed by atoms with Crippen LogP contribution in [0.4, 0.5) is 4.39 Å². The van der Waals surface area contributed by atoms with Gasteiger partial charge in [-0.3, -0.25) is 0 Å². The highest BCUT2D eigenvalue weighted by Crippen LogP contribution is 2.19. The number of aliphatic hydroxyl groups excluding tert-OH is 1. The number of aliphatic hydroxyl groups is 2. The van der Waals surface area contributed by atoms with Crippen molar-refractivity contribution in [2.75, 3.05) is 6.61 Å². The summed E-state index contributed by atoms with van der Waals surface area (Å²) in [6.07, 6.45) is 0.0729. The summed E-state index contributed by atoms with van der Waals surface area (Å²) in [6.45, 7) is 1.22. The van der Waals surface area contributed by atoms with Gasteiger partial charge in [0.2, 0.25) is 5.79 Å². The van der Waals surface area contributed by atoms with Crippen molar-refractivity contribution in [1.82, 2.24) is 0 Å². The molecule has 0 radical (unpaired) electrons. The number of ether oxygens (including phenoxy) is 1. The highest BCUT2D eigenvalue weighted by atomic mass is 19.1. The number of halogens is 1. The summed E-state index contributed by atoms with van der Waals surface area (Å²) in [6, 6.07) is 14.0. The number of rotatable bonds is 4. The molecule has 2 N–H and O–H groups in total. The Hall–Kier alpha value is -1.91. The number of hydrogen-bond acceptors (Lipinski definition) is 3. The first kappa shape index (κ1) is 14.5. The fraction of sp³-hybridized carbons (Fsp3) is 0.250. The predicted molar refractivity (Wildman–Crippen MR) is 73.5 cm³/mol. The summed E-state index contributed by atoms with van der Waals surface area (Å²) < 4.78 is 17.8. The monoisotopic (exact) mass is 276 g/mol. The Bertz CT molecular complexity index is 617. The van der Waals surface area contributed by atoms with Crippen LogP contribution in [0.3, 0.4) is 0 Å². The van der Waals surface area contributed by atoms with Gasteiger partial charge in [-0.15, -0.1) is 0 Å². The Morgan fingerprint density at radius 3 is 2.10 bits per heavy atom. The lowest BCUT2D eigenvalue weighted by Gasteiger charge is -2.23. The molecule has 3 rings (SSSR count). The normalized spacial score (nSPS) is 13.8. The zero-order chi connectivity index (χ0) is 14.6. The summed E-state index contributed by atoms with van der Waals surface area (Å²) >= 11 is 0. The van der Waals surface area contributed by atoms with Gasteiger partial charge in [0.15, 0.2) is 0 Å². The molecule has 0 amide bonds. The molecule has 1 unspecified atom stereocenters. The van der Waals surface area contributed by atoms with E-state index in [1.165, 1.54) is 41.6 Å². The van der Waals surface area contributed by atoms with Crippen LogP contribution in [-0.4, -0.2) is 22.6 Å². The van der Waals surface area contributed by atoms with Gasteiger partial charge in [-0.25, -0.2) is 4.39 Å². The van der Waals surface area contributed by atoms with Crippen molar-refractivity contribution in [2.45, 2.75) is 19.1 Å². The number of hydrogen-bond donors (Lipinski definition) is 2. The molecule has 106 valence electrons. The molecule has 0 heterocycles. The molecular formula is C16H17FO3. The lowest BCUT2D eigenvalue weighted by molar-refractivity contribution is -0.133. The molecule has 0 spiro atoms. The van der Waals surface area contributed by atoms with Gasteiger partial charge in [-0.1, -0.05) is 30.3 Å². The lowest BCUT2D eigenvalue weighted by atomic mass is 10.1. The van der Waals surface area contributed by atoms with E-state index in [-0.39, 0.29) is 18.8 Å². The summed E-state index contributed by atoms with van der Waals surface area (Å²) in [4.78, 5) is 0. The maximum Gasteiger partial charge on any atom is 0.207 e. The minimum Gasteiger partial charge on any atom is -0.463 e. The smallest absolute Gasteiger partial charge is 0.207 e. The van der Waals surface area contributed by atoms with Crippen molar-refractivity contribution < 1.29 is 19.3 Å². The SMILES string of the molecule is CC(O)(CCO)Oc1cccc(F)c1.c1cc2ccc1=2. The lowest BCUT2D eigenvalue weighted by Crippen LogP contribution is -2.32. The zero-order valence-corrected chi connectivity index (χ0v) is 11.2. The van der Waals surface area contributed by atoms with E-state index < -0.39 is 11.6 Å². The van der Waals surface area contributed by atoms with Crippen LogP contribution in [0.2, 0.25) is 0 Å². The van der Waals surface area contributed by atoms with E-state index in [0.29, 0.717) is 0 Å². The fourth-order valence-electron chi connectivity index (χ4n) is 1.71. The third kappa shape index (κ3) is 3.79. The molecule has 1 aromatic carbocycles. The Morgan fingerprint density at radius 2 is 1.70 bits per heavy atom. The van der Waals surface area contributed by atoms with Crippen molar-refractivity contribution in [2.24, 2.45) is 0 Å². The summed E-state index contributed by atoms with van der Waals surface area (Å²) in [5, 5.41) is 21.0. The van der Waals surface area contributed by atoms with Crippen molar-refractivity contribution in [3.63, 3.8) is 0 Å². The van der Waals surface area contributed by atoms with E-state index in [1.807, 2.05) is 0 Å². The van der Waals surface area contributed by atoms with Crippen molar-refractivity contribution in [3.8, 4) is 5.75 Å². The second-order valence-corrected chi connectivity index (χ2v) is 4.79. The van der Waals surface area contributed by atoms with Crippen LogP contribution in [0.5, 0.6) is 5.75 Å². The molecule has 20 heavy (non-hydrogen) atoms. The van der Waals surface area contributed by atoms with E-state index in [1.54, 1.807) is 0 Å². The maximum atomic E-state index is 12.7. The van der Waals surface area contributed by atoms with Crippen LogP contribution < -0.4 is 4.74 Å². The van der Waals surface area contributed by atoms with Crippen LogP contribution in [0.1, 0.15) is 13.3 Å². The van der Waals surface area contributed by atoms with Gasteiger partial charge in [0.05, 0.1) is 0 Å². The average molecular weight is 276 g/mol. The molecular weight excluding hydrogens is 259 g/mol. The summed E-state index contributed by atoms with van der Waals surface area (Å²) in [5.41, 5.74) is 0. The van der Waals surface area contributed by atoms with E-state index in [9.17, 15) is 9.50 Å². The number of benzene rings is 2. The van der Waals surface area contributed by atoms with Gasteiger partial charge in [-0.05, 0) is 22.6 Å². The standard InChI is InChI=1S/C10H13FO3.C6H4/c1-10(13,5-6-12)14-9-4-2-3-8(11)7-9;1-2-6-4-3-5(1)6/h2-4,7,12-13H,5-6H2,1H3;1-4H. The first-order chi connectivity index (χ1) is 9.50. The molecule has 0 saturated heterocycles. The third-order valence-corrected chi connectivity index (χ3v) is 2.93. The van der Waals surface area contributed by atoms with Gasteiger partial charge in [0, 0.05) is 26.0 Å². The van der Waals surface area contributed by atoms with Crippen LogP contribution in [0, 0.1) is 16.3 Å². The molecule has 0 saturated carbocycles. The molecule has 3 nitrogen and oxygen atoms in total. The van der Waals surface area contributed by atoms with E-state index in [4.69, 9.17) is 9.84 Å². The van der Waals surface area contributed by atoms with Crippen LogP contribution in [-0.2, 0) is 0 Å². The Morgan fingerprint density at radius 1 is 1.10 bits per heavy atom. The topological polar surface area (TPSA) is 49.7 Å². The zero-order valence-electron chi connectivity index (χ0n) is 11.2. The van der Waals surface area contributed by atoms with Crippen molar-refractivity contribution >= 4 is 0 Å². The third-order valence-electron chi connectivity index (χ3n) is 2.93. The van der Waals surface area contributed by atoms with Crippen LogP contribution in [0.15, 0.2) is 48.5 Å². The molecule has 0 aromatic heterocycles. The Kier molecular flexibility index (Phi) is 4.37. The highest BCUT2D eigenvalue weighted by Gasteiger charge is 2.21. The van der Waals surface area contributed by atoms with Gasteiger partial charge in [0.1, 0.15) is 11.6 Å². The van der Waals surface area contributed by atoms with Gasteiger partial charge < -0.3 is 14.9 Å². The van der Waals surface area contributed by atoms with Gasteiger partial charge in [-0.2, -0.15) is 0 Å². The first-order valence-electron chi connectivity index (χ1n) is 6.38. The van der Waals surface area contributed by atoms with Crippen LogP contribution >= 0.6 is 0 Å². The largest absolute Gasteiger partial charge is 0.463 e. The second-order valence-electron chi connectivity index (χ2n) is 4.79. The molecule has 0 bridgehead atoms. The molecule has 1 atom stereocenters. The van der Waals surface area contributed by atoms with E-state index >= 15 is 0 Å². The van der Waals surface area contributed by atoms with E-state index in [0.717, 1.165) is 0 Å². The Labute approximate surface area is 116 Å². The van der Waals surface area contributed by atoms with Crippen LogP contribution in [0.25, 0.3) is 0 Å². The fourth-order valence-corrected chi connectivity index (χ4v) is 1.71. The van der Waals surface area contributed by atoms with Crippen molar-refractivity contribution in [3.05, 3.63) is 64.8 Å². The molecule has 0 aliphatic heterocycles. The van der Waals surface area contributed by atoms with Gasteiger partial charge >= 0.3 is 0 Å². The summed E-state index contributed by atoms with van der Waals surface area (Å²) in [5.74, 6) is -1.66. The maximum absolute atomic E-state index is 12.7. The molecule has 2 aliphatic rings. The van der Waals surface area contributed by atoms with Gasteiger partial charge in [0.25, 0.3) is 0 Å². The van der Waals surface area contributed by atoms with E-state index in [2.05, 4.69) is 24.3 Å². The average Bonchev–Trinajstić information content (AvgIpc) is 2.34. The molecule has 2 aliphatic carbocycles. The Balaban J connectivity index is 0.000000198. The van der Waals surface area contributed by atoms with Crippen molar-refractivity contribution in [1.29, 1.82) is 0 Å². The summed E-state index contributed by atoms with van der Waals surface area (Å²) in [7, 11) is 0. The minimum absolute atomic E-state index is 0.0729.